The summed E-state index contributed by atoms with van der Waals surface area (Å²) < 4.78 is 41.2. The molecular weight excluding hydrogens is 342 g/mol. The lowest BCUT2D eigenvalue weighted by molar-refractivity contribution is 0.200. The zero-order chi connectivity index (χ0) is 17.4. The zero-order valence-electron chi connectivity index (χ0n) is 13.9. The number of hydrogen-bond acceptors (Lipinski definition) is 6. The fourth-order valence-corrected chi connectivity index (χ4v) is 3.98. The average molecular weight is 361 g/mol. The van der Waals surface area contributed by atoms with Gasteiger partial charge in [-0.1, -0.05) is 22.9 Å². The minimum Gasteiger partial charge on any atom is -0.497 e. The molecule has 0 N–H and O–H groups in total. The Kier molecular flexibility index (Phi) is 4.03. The second kappa shape index (κ2) is 6.22. The number of rotatable bonds is 3. The Bertz CT molecular complexity index is 881. The van der Waals surface area contributed by atoms with Gasteiger partial charge in [0, 0.05) is 0 Å². The molecule has 6 nitrogen and oxygen atoms in total. The monoisotopic (exact) mass is 361 g/mol. The van der Waals surface area contributed by atoms with Gasteiger partial charge in [0.1, 0.15) is 22.1 Å². The summed E-state index contributed by atoms with van der Waals surface area (Å²) in [5.41, 5.74) is 2.48. The van der Waals surface area contributed by atoms with E-state index in [2.05, 4.69) is 5.16 Å². The molecule has 0 aromatic heterocycles. The van der Waals surface area contributed by atoms with Gasteiger partial charge in [0.05, 0.1) is 19.1 Å². The van der Waals surface area contributed by atoms with Crippen LogP contribution in [0, 0.1) is 12.8 Å². The minimum absolute atomic E-state index is 0.0791. The van der Waals surface area contributed by atoms with Crippen molar-refractivity contribution in [3.8, 4) is 0 Å². The first-order valence-electron chi connectivity index (χ1n) is 8.33. The molecule has 1 aromatic carbocycles. The van der Waals surface area contributed by atoms with Crippen molar-refractivity contribution in [1.82, 2.24) is 0 Å². The van der Waals surface area contributed by atoms with Crippen molar-refractivity contribution in [3.63, 3.8) is 0 Å². The maximum atomic E-state index is 12.4. The van der Waals surface area contributed by atoms with E-state index in [1.807, 2.05) is 13.0 Å². The summed E-state index contributed by atoms with van der Waals surface area (Å²) in [5, 5.41) is 4.01. The predicted molar refractivity (Wildman–Crippen MR) is 91.2 cm³/mol. The minimum atomic E-state index is -3.97. The first-order valence-corrected chi connectivity index (χ1v) is 9.74. The van der Waals surface area contributed by atoms with E-state index in [0.717, 1.165) is 36.2 Å². The molecule has 1 unspecified atom stereocenters. The van der Waals surface area contributed by atoms with Gasteiger partial charge >= 0.3 is 10.1 Å². The summed E-state index contributed by atoms with van der Waals surface area (Å²) >= 11 is 0. The molecule has 0 radical (unpaired) electrons. The van der Waals surface area contributed by atoms with Crippen LogP contribution in [0.1, 0.15) is 24.8 Å². The topological polar surface area (TPSA) is 74.2 Å². The number of benzene rings is 1. The van der Waals surface area contributed by atoms with E-state index in [9.17, 15) is 8.42 Å². The second-order valence-corrected chi connectivity index (χ2v) is 7.89. The molecule has 132 valence electrons. The highest BCUT2D eigenvalue weighted by molar-refractivity contribution is 7.86. The van der Waals surface area contributed by atoms with Crippen molar-refractivity contribution in [2.45, 2.75) is 31.1 Å². The van der Waals surface area contributed by atoms with E-state index in [1.54, 1.807) is 12.1 Å². The normalized spacial score (nSPS) is 24.1. The lowest BCUT2D eigenvalue weighted by Gasteiger charge is -2.27. The Balaban J connectivity index is 1.66. The van der Waals surface area contributed by atoms with Gasteiger partial charge in [-0.05, 0) is 50.0 Å². The van der Waals surface area contributed by atoms with Crippen molar-refractivity contribution in [3.05, 3.63) is 53.0 Å². The van der Waals surface area contributed by atoms with Gasteiger partial charge in [0.25, 0.3) is 0 Å². The lowest BCUT2D eigenvalue weighted by Crippen LogP contribution is -2.26. The molecule has 0 bridgehead atoms. The molecule has 25 heavy (non-hydrogen) atoms. The van der Waals surface area contributed by atoms with Gasteiger partial charge in [0.15, 0.2) is 0 Å². The zero-order valence-corrected chi connectivity index (χ0v) is 14.7. The lowest BCUT2D eigenvalue weighted by atomic mass is 9.88. The highest BCUT2D eigenvalue weighted by Crippen LogP contribution is 2.38. The van der Waals surface area contributed by atoms with Crippen molar-refractivity contribution in [2.24, 2.45) is 11.1 Å². The number of fused-ring (bicyclic) bond motifs is 1. The average Bonchev–Trinajstić information content (AvgIpc) is 3.07. The third kappa shape index (κ3) is 3.04. The van der Waals surface area contributed by atoms with Crippen molar-refractivity contribution >= 4 is 15.8 Å². The van der Waals surface area contributed by atoms with E-state index >= 15 is 0 Å². The Morgan fingerprint density at radius 1 is 1.16 bits per heavy atom. The first kappa shape index (κ1) is 16.2. The molecule has 0 amide bonds. The predicted octanol–water partition coefficient (Wildman–Crippen LogP) is 3.05. The Morgan fingerprint density at radius 3 is 2.76 bits per heavy atom. The Hall–Kier alpha value is -2.28. The molecule has 4 rings (SSSR count). The fraction of sp³-hybridized carbons (Fsp3) is 0.389. The van der Waals surface area contributed by atoms with Crippen LogP contribution in [0.15, 0.2) is 57.5 Å². The summed E-state index contributed by atoms with van der Waals surface area (Å²) in [6.45, 7) is 3.07. The standard InChI is InChI=1S/C18H19NO5S/c1-12-4-6-14(7-5-12)25(20,21)24-19-17-15-8-10-22-16(15)11-13-3-2-9-23-18(13)17/h4-7,11,15H,2-3,8-10H2,1H3. The number of oxime groups is 1. The molecule has 1 fully saturated rings. The van der Waals surface area contributed by atoms with Crippen LogP contribution in [-0.4, -0.2) is 27.3 Å². The highest BCUT2D eigenvalue weighted by atomic mass is 32.2. The van der Waals surface area contributed by atoms with Crippen LogP contribution in [0.2, 0.25) is 0 Å². The maximum absolute atomic E-state index is 12.4. The number of hydrogen-bond donors (Lipinski definition) is 0. The molecule has 2 heterocycles. The molecule has 0 spiro atoms. The highest BCUT2D eigenvalue weighted by Gasteiger charge is 2.38. The van der Waals surface area contributed by atoms with Crippen LogP contribution < -0.4 is 0 Å². The van der Waals surface area contributed by atoms with Crippen LogP contribution in [0.5, 0.6) is 0 Å². The van der Waals surface area contributed by atoms with Crippen molar-refractivity contribution < 1.29 is 22.2 Å². The van der Waals surface area contributed by atoms with Gasteiger partial charge in [0.2, 0.25) is 0 Å². The molecule has 3 aliphatic rings. The van der Waals surface area contributed by atoms with E-state index in [0.29, 0.717) is 24.7 Å². The third-order valence-corrected chi connectivity index (χ3v) is 5.69. The summed E-state index contributed by atoms with van der Waals surface area (Å²) in [7, 11) is -3.97. The van der Waals surface area contributed by atoms with E-state index in [4.69, 9.17) is 13.8 Å². The largest absolute Gasteiger partial charge is 0.497 e. The van der Waals surface area contributed by atoms with Crippen LogP contribution in [0.25, 0.3) is 0 Å². The van der Waals surface area contributed by atoms with Crippen molar-refractivity contribution in [1.29, 1.82) is 0 Å². The fourth-order valence-electron chi connectivity index (χ4n) is 3.24. The Morgan fingerprint density at radius 2 is 1.96 bits per heavy atom. The quantitative estimate of drug-likeness (QED) is 0.774. The van der Waals surface area contributed by atoms with Crippen LogP contribution in [-0.2, 0) is 23.9 Å². The Labute approximate surface area is 146 Å². The smallest absolute Gasteiger partial charge is 0.358 e. The number of ether oxygens (including phenoxy) is 2. The molecule has 1 atom stereocenters. The van der Waals surface area contributed by atoms with Gasteiger partial charge < -0.3 is 9.47 Å². The third-order valence-electron chi connectivity index (χ3n) is 4.57. The SMILES string of the molecule is Cc1ccc(S(=O)(=O)ON=C2C3=C(C=C4OCCC42)CCCO3)cc1. The van der Waals surface area contributed by atoms with Gasteiger partial charge in [-0.15, -0.1) is 0 Å². The molecular formula is C18H19NO5S. The maximum Gasteiger partial charge on any atom is 0.358 e. The summed E-state index contributed by atoms with van der Waals surface area (Å²) in [4.78, 5) is 0.0791. The van der Waals surface area contributed by atoms with E-state index < -0.39 is 10.1 Å². The number of nitrogens with zero attached hydrogens (tertiary/aromatic N) is 1. The molecule has 1 saturated heterocycles. The first-order chi connectivity index (χ1) is 12.0. The van der Waals surface area contributed by atoms with Crippen LogP contribution >= 0.6 is 0 Å². The molecule has 1 aliphatic carbocycles. The molecule has 2 aliphatic heterocycles. The van der Waals surface area contributed by atoms with Crippen LogP contribution in [0.4, 0.5) is 0 Å². The van der Waals surface area contributed by atoms with Crippen molar-refractivity contribution in [2.75, 3.05) is 13.2 Å². The molecule has 7 heteroatoms. The number of allylic oxidation sites excluding steroid dienone is 4. The molecule has 0 saturated carbocycles. The summed E-state index contributed by atoms with van der Waals surface area (Å²) in [5.74, 6) is 1.36. The second-order valence-electron chi connectivity index (χ2n) is 6.36. The summed E-state index contributed by atoms with van der Waals surface area (Å²) in [6.07, 6.45) is 4.51. The van der Waals surface area contributed by atoms with Gasteiger partial charge in [-0.3, -0.25) is 4.28 Å². The summed E-state index contributed by atoms with van der Waals surface area (Å²) in [6, 6.07) is 6.47. The number of aryl methyl sites for hydroxylation is 1. The van der Waals surface area contributed by atoms with E-state index in [1.165, 1.54) is 12.1 Å². The van der Waals surface area contributed by atoms with E-state index in [-0.39, 0.29) is 10.8 Å². The van der Waals surface area contributed by atoms with Crippen LogP contribution in [0.3, 0.4) is 0 Å². The van der Waals surface area contributed by atoms with Gasteiger partial charge in [-0.25, -0.2) is 0 Å². The van der Waals surface area contributed by atoms with Gasteiger partial charge in [-0.2, -0.15) is 8.42 Å². The molecule has 1 aromatic rings.